The highest BCUT2D eigenvalue weighted by Crippen LogP contribution is 2.04. The summed E-state index contributed by atoms with van der Waals surface area (Å²) in [5, 5.41) is 0. The topological polar surface area (TPSA) is 48.3 Å². The Morgan fingerprint density at radius 2 is 2.05 bits per heavy atom. The average Bonchev–Trinajstić information content (AvgIpc) is 2.94. The van der Waals surface area contributed by atoms with Gasteiger partial charge < -0.3 is 9.30 Å². The van der Waals surface area contributed by atoms with Gasteiger partial charge in [-0.15, -0.1) is 0 Å². The van der Waals surface area contributed by atoms with Crippen molar-refractivity contribution in [3.63, 3.8) is 0 Å². The molecule has 0 atom stereocenters. The van der Waals surface area contributed by atoms with E-state index < -0.39 is 0 Å². The van der Waals surface area contributed by atoms with Crippen LogP contribution >= 0.6 is 0 Å². The Kier molecular flexibility index (Phi) is 4.35. The molecule has 4 nitrogen and oxygen atoms in total. The van der Waals surface area contributed by atoms with Crippen molar-refractivity contribution in [3.05, 3.63) is 59.4 Å². The SMILES string of the molecule is COC(=O)c1ccc(C#CCn2cccc2C=O)cc1. The Hall–Kier alpha value is -2.80. The Balaban J connectivity index is 2.06. The van der Waals surface area contributed by atoms with Crippen molar-refractivity contribution in [2.24, 2.45) is 0 Å². The molecule has 0 saturated carbocycles. The van der Waals surface area contributed by atoms with Crippen LogP contribution < -0.4 is 0 Å². The summed E-state index contributed by atoms with van der Waals surface area (Å²) in [6.07, 6.45) is 2.60. The molecule has 0 N–H and O–H groups in total. The van der Waals surface area contributed by atoms with Crippen LogP contribution in [-0.4, -0.2) is 23.9 Å². The highest BCUT2D eigenvalue weighted by atomic mass is 16.5. The lowest BCUT2D eigenvalue weighted by atomic mass is 10.1. The van der Waals surface area contributed by atoms with E-state index in [0.29, 0.717) is 17.8 Å². The van der Waals surface area contributed by atoms with Gasteiger partial charge in [-0.3, -0.25) is 4.79 Å². The summed E-state index contributed by atoms with van der Waals surface area (Å²) < 4.78 is 6.39. The third kappa shape index (κ3) is 3.15. The van der Waals surface area contributed by atoms with Crippen molar-refractivity contribution in [1.29, 1.82) is 0 Å². The molecule has 0 spiro atoms. The number of hydrogen-bond acceptors (Lipinski definition) is 3. The molecule has 1 aromatic carbocycles. The zero-order valence-corrected chi connectivity index (χ0v) is 11.0. The molecule has 0 saturated heterocycles. The van der Waals surface area contributed by atoms with Crippen LogP contribution in [0, 0.1) is 11.8 Å². The maximum atomic E-state index is 11.3. The van der Waals surface area contributed by atoms with E-state index in [1.54, 1.807) is 47.2 Å². The molecule has 0 aliphatic carbocycles. The molecule has 2 aromatic rings. The van der Waals surface area contributed by atoms with Gasteiger partial charge in [0, 0.05) is 11.8 Å². The van der Waals surface area contributed by atoms with Crippen molar-refractivity contribution < 1.29 is 14.3 Å². The van der Waals surface area contributed by atoms with E-state index in [-0.39, 0.29) is 5.97 Å². The second-order valence-electron chi connectivity index (χ2n) is 4.05. The smallest absolute Gasteiger partial charge is 0.337 e. The molecule has 0 bridgehead atoms. The Morgan fingerprint density at radius 3 is 2.70 bits per heavy atom. The van der Waals surface area contributed by atoms with Gasteiger partial charge in [-0.2, -0.15) is 0 Å². The van der Waals surface area contributed by atoms with Crippen molar-refractivity contribution in [1.82, 2.24) is 4.57 Å². The van der Waals surface area contributed by atoms with Crippen LogP contribution in [0.2, 0.25) is 0 Å². The Labute approximate surface area is 117 Å². The van der Waals surface area contributed by atoms with Crippen LogP contribution in [0.3, 0.4) is 0 Å². The fourth-order valence-electron chi connectivity index (χ4n) is 1.71. The van der Waals surface area contributed by atoms with E-state index >= 15 is 0 Å². The first-order valence-electron chi connectivity index (χ1n) is 6.02. The Morgan fingerprint density at radius 1 is 1.30 bits per heavy atom. The molecule has 0 aliphatic heterocycles. The summed E-state index contributed by atoms with van der Waals surface area (Å²) in [5.74, 6) is 5.59. The van der Waals surface area contributed by atoms with Gasteiger partial charge in [0.1, 0.15) is 0 Å². The fraction of sp³-hybridized carbons (Fsp3) is 0.125. The second-order valence-corrected chi connectivity index (χ2v) is 4.05. The summed E-state index contributed by atoms with van der Waals surface area (Å²) in [6, 6.07) is 10.4. The summed E-state index contributed by atoms with van der Waals surface area (Å²) in [6.45, 7) is 0.444. The molecule has 1 aromatic heterocycles. The largest absolute Gasteiger partial charge is 0.465 e. The van der Waals surface area contributed by atoms with Crippen molar-refractivity contribution in [3.8, 4) is 11.8 Å². The zero-order chi connectivity index (χ0) is 14.4. The molecule has 0 amide bonds. The standard InChI is InChI=1S/C16H13NO3/c1-20-16(19)14-8-6-13(7-9-14)4-2-10-17-11-3-5-15(17)12-18/h3,5-9,11-12H,10H2,1H3. The minimum atomic E-state index is -0.368. The van der Waals surface area contributed by atoms with Crippen LogP contribution in [0.15, 0.2) is 42.6 Å². The van der Waals surface area contributed by atoms with Crippen LogP contribution in [0.4, 0.5) is 0 Å². The van der Waals surface area contributed by atoms with Crippen molar-refractivity contribution in [2.75, 3.05) is 7.11 Å². The van der Waals surface area contributed by atoms with E-state index in [1.807, 2.05) is 0 Å². The number of methoxy groups -OCH3 is 1. The van der Waals surface area contributed by atoms with Gasteiger partial charge in [0.15, 0.2) is 6.29 Å². The molecule has 2 rings (SSSR count). The number of benzene rings is 1. The molecule has 100 valence electrons. The maximum Gasteiger partial charge on any atom is 0.337 e. The molecule has 0 unspecified atom stereocenters. The fourth-order valence-corrected chi connectivity index (χ4v) is 1.71. The van der Waals surface area contributed by atoms with E-state index in [0.717, 1.165) is 11.8 Å². The molecule has 0 aliphatic rings. The number of carbonyl (C=O) groups excluding carboxylic acids is 2. The van der Waals surface area contributed by atoms with Crippen molar-refractivity contribution in [2.45, 2.75) is 6.54 Å². The summed E-state index contributed by atoms with van der Waals surface area (Å²) in [4.78, 5) is 22.0. The average molecular weight is 267 g/mol. The minimum absolute atomic E-state index is 0.368. The number of hydrogen-bond donors (Lipinski definition) is 0. The first-order chi connectivity index (χ1) is 9.74. The van der Waals surface area contributed by atoms with Gasteiger partial charge in [0.05, 0.1) is 24.9 Å². The van der Waals surface area contributed by atoms with Gasteiger partial charge in [0.25, 0.3) is 0 Å². The quantitative estimate of drug-likeness (QED) is 0.486. The third-order valence-corrected chi connectivity index (χ3v) is 2.77. The lowest BCUT2D eigenvalue weighted by Crippen LogP contribution is -2.00. The molecule has 1 heterocycles. The molecular formula is C16H13NO3. The predicted molar refractivity (Wildman–Crippen MR) is 74.5 cm³/mol. The lowest BCUT2D eigenvalue weighted by molar-refractivity contribution is 0.0600. The monoisotopic (exact) mass is 267 g/mol. The number of nitrogens with zero attached hydrogens (tertiary/aromatic N) is 1. The van der Waals surface area contributed by atoms with Gasteiger partial charge in [-0.25, -0.2) is 4.79 Å². The van der Waals surface area contributed by atoms with Crippen molar-refractivity contribution >= 4 is 12.3 Å². The number of aldehydes is 1. The second kappa shape index (κ2) is 6.39. The summed E-state index contributed by atoms with van der Waals surface area (Å²) in [7, 11) is 1.34. The molecule has 20 heavy (non-hydrogen) atoms. The van der Waals surface area contributed by atoms with E-state index in [1.165, 1.54) is 7.11 Å². The number of ether oxygens (including phenoxy) is 1. The predicted octanol–water partition coefficient (Wildman–Crippen LogP) is 2.14. The van der Waals surface area contributed by atoms with E-state index in [2.05, 4.69) is 16.6 Å². The zero-order valence-electron chi connectivity index (χ0n) is 11.0. The highest BCUT2D eigenvalue weighted by molar-refractivity contribution is 5.89. The van der Waals surface area contributed by atoms with Crippen LogP contribution in [0.25, 0.3) is 0 Å². The molecular weight excluding hydrogens is 254 g/mol. The van der Waals surface area contributed by atoms with Gasteiger partial charge >= 0.3 is 5.97 Å². The minimum Gasteiger partial charge on any atom is -0.465 e. The number of aromatic nitrogens is 1. The lowest BCUT2D eigenvalue weighted by Gasteiger charge is -1.99. The van der Waals surface area contributed by atoms with Gasteiger partial charge in [-0.05, 0) is 36.4 Å². The van der Waals surface area contributed by atoms with E-state index in [9.17, 15) is 9.59 Å². The highest BCUT2D eigenvalue weighted by Gasteiger charge is 2.03. The molecule has 0 radical (unpaired) electrons. The first kappa shape index (κ1) is 13.6. The van der Waals surface area contributed by atoms with E-state index in [4.69, 9.17) is 0 Å². The van der Waals surface area contributed by atoms with Gasteiger partial charge in [-0.1, -0.05) is 11.8 Å². The maximum absolute atomic E-state index is 11.3. The van der Waals surface area contributed by atoms with Crippen LogP contribution in [0.1, 0.15) is 26.4 Å². The number of rotatable bonds is 3. The number of carbonyl (C=O) groups is 2. The number of esters is 1. The first-order valence-corrected chi connectivity index (χ1v) is 6.02. The molecule has 4 heteroatoms. The third-order valence-electron chi connectivity index (χ3n) is 2.77. The van der Waals surface area contributed by atoms with Crippen LogP contribution in [0.5, 0.6) is 0 Å². The molecule has 0 fully saturated rings. The Bertz CT molecular complexity index is 672. The normalized spacial score (nSPS) is 9.45. The summed E-state index contributed by atoms with van der Waals surface area (Å²) in [5.41, 5.74) is 1.89. The van der Waals surface area contributed by atoms with Gasteiger partial charge in [0.2, 0.25) is 0 Å². The van der Waals surface area contributed by atoms with Crippen LogP contribution in [-0.2, 0) is 11.3 Å². The summed E-state index contributed by atoms with van der Waals surface area (Å²) >= 11 is 0.